The Balaban J connectivity index is 4.18. The van der Waals surface area contributed by atoms with Gasteiger partial charge in [0.25, 0.3) is 0 Å². The van der Waals surface area contributed by atoms with Gasteiger partial charge >= 0.3 is 19.8 Å². The van der Waals surface area contributed by atoms with Crippen LogP contribution in [-0.4, -0.2) is 65.7 Å². The normalized spacial score (nSPS) is 13.8. The fraction of sp³-hybridized carbons (Fsp3) is 0.917. The summed E-state index contributed by atoms with van der Waals surface area (Å²) in [4.78, 5) is 35.1. The first-order valence-electron chi connectivity index (χ1n) is 24.6. The Morgan fingerprint density at radius 2 is 0.831 bits per heavy atom. The summed E-state index contributed by atoms with van der Waals surface area (Å²) in [5, 5.41) is 18.4. The van der Waals surface area contributed by atoms with Crippen molar-refractivity contribution in [1.29, 1.82) is 0 Å². The summed E-state index contributed by atoms with van der Waals surface area (Å²) in [5.74, 6) is -0.915. The number of allylic oxidation sites excluding steroid dienone is 2. The number of phosphoric acid groups is 1. The lowest BCUT2D eigenvalue weighted by molar-refractivity contribution is -0.161. The van der Waals surface area contributed by atoms with Crippen LogP contribution < -0.4 is 0 Å². The number of carbonyl (C=O) groups is 2. The molecule has 0 aliphatic heterocycles. The van der Waals surface area contributed by atoms with Crippen molar-refractivity contribution in [3.8, 4) is 0 Å². The Kier molecular flexibility index (Phi) is 43.8. The quantitative estimate of drug-likeness (QED) is 0.0234. The summed E-state index contributed by atoms with van der Waals surface area (Å²) in [6, 6.07) is 0. The van der Waals surface area contributed by atoms with Crippen LogP contribution in [0, 0.1) is 0 Å². The molecule has 0 rings (SSSR count). The Bertz CT molecular complexity index is 993. The SMILES string of the molecule is CCCCCCCC/C=C/CCCCCCCCCC(=O)OC[C@H](COP(=O)(O)OC[C@@H](O)CO)OC(=O)CCCCCCCCCCCCCCCCCCCCC. The number of aliphatic hydroxyl groups is 2. The van der Waals surface area contributed by atoms with E-state index >= 15 is 0 Å². The molecule has 0 fully saturated rings. The minimum atomic E-state index is -4.62. The number of carbonyl (C=O) groups excluding carboxylic acids is 2. The lowest BCUT2D eigenvalue weighted by atomic mass is 10.0. The van der Waals surface area contributed by atoms with Crippen LogP contribution in [0.1, 0.15) is 245 Å². The lowest BCUT2D eigenvalue weighted by Crippen LogP contribution is -2.29. The van der Waals surface area contributed by atoms with Crippen molar-refractivity contribution in [2.75, 3.05) is 26.4 Å². The molecule has 0 aliphatic rings. The number of hydrogen-bond donors (Lipinski definition) is 3. The van der Waals surface area contributed by atoms with Gasteiger partial charge in [0.15, 0.2) is 6.10 Å². The molecule has 0 spiro atoms. The highest BCUT2D eigenvalue weighted by molar-refractivity contribution is 7.47. The molecule has 0 radical (unpaired) electrons. The van der Waals surface area contributed by atoms with Crippen LogP contribution in [0.15, 0.2) is 12.2 Å². The molecule has 1 unspecified atom stereocenters. The van der Waals surface area contributed by atoms with Gasteiger partial charge in [-0.05, 0) is 38.5 Å². The maximum absolute atomic E-state index is 12.7. The molecule has 0 amide bonds. The maximum atomic E-state index is 12.7. The summed E-state index contributed by atoms with van der Waals surface area (Å²) in [5.41, 5.74) is 0. The minimum Gasteiger partial charge on any atom is -0.462 e. The number of hydrogen-bond acceptors (Lipinski definition) is 9. The van der Waals surface area contributed by atoms with Gasteiger partial charge in [-0.15, -0.1) is 0 Å². The number of ether oxygens (including phenoxy) is 2. The summed E-state index contributed by atoms with van der Waals surface area (Å²) < 4.78 is 32.8. The molecule has 0 saturated heterocycles. The van der Waals surface area contributed by atoms with Crippen molar-refractivity contribution in [2.45, 2.75) is 257 Å². The van der Waals surface area contributed by atoms with Crippen LogP contribution in [0.3, 0.4) is 0 Å². The van der Waals surface area contributed by atoms with Crippen LogP contribution in [0.25, 0.3) is 0 Å². The summed E-state index contributed by atoms with van der Waals surface area (Å²) in [7, 11) is -4.62. The summed E-state index contributed by atoms with van der Waals surface area (Å²) in [6.45, 7) is 2.42. The summed E-state index contributed by atoms with van der Waals surface area (Å²) >= 11 is 0. The van der Waals surface area contributed by atoms with E-state index in [4.69, 9.17) is 23.6 Å². The first-order valence-corrected chi connectivity index (χ1v) is 26.1. The summed E-state index contributed by atoms with van der Waals surface area (Å²) in [6.07, 6.45) is 44.6. The van der Waals surface area contributed by atoms with Crippen molar-refractivity contribution in [2.24, 2.45) is 0 Å². The van der Waals surface area contributed by atoms with Crippen LogP contribution >= 0.6 is 7.82 Å². The van der Waals surface area contributed by atoms with E-state index in [2.05, 4.69) is 26.0 Å². The molecule has 0 aliphatic carbocycles. The topological polar surface area (TPSA) is 149 Å². The Morgan fingerprint density at radius 1 is 0.492 bits per heavy atom. The van der Waals surface area contributed by atoms with Crippen molar-refractivity contribution in [3.05, 3.63) is 12.2 Å². The standard InChI is InChI=1S/C48H93O10P/c1-3-5-7-9-11-13-15-17-19-21-22-24-26-28-30-32-34-36-38-40-48(52)58-46(44-57-59(53,54)56-42-45(50)41-49)43-55-47(51)39-37-35-33-31-29-27-25-23-20-18-16-14-12-10-8-6-4-2/h18,20,45-46,49-50H,3-17,19,21-44H2,1-2H3,(H,53,54)/b20-18+/t45-,46+/m0/s1. The van der Waals surface area contributed by atoms with Gasteiger partial charge in [-0.2, -0.15) is 0 Å². The maximum Gasteiger partial charge on any atom is 0.472 e. The molecule has 3 atom stereocenters. The molecular weight excluding hydrogens is 767 g/mol. The third-order valence-corrected chi connectivity index (χ3v) is 11.9. The minimum absolute atomic E-state index is 0.190. The smallest absolute Gasteiger partial charge is 0.462 e. The van der Waals surface area contributed by atoms with Crippen molar-refractivity contribution < 1.29 is 47.8 Å². The highest BCUT2D eigenvalue weighted by Gasteiger charge is 2.27. The highest BCUT2D eigenvalue weighted by Crippen LogP contribution is 2.43. The second kappa shape index (κ2) is 44.8. The molecule has 0 saturated carbocycles. The molecule has 59 heavy (non-hydrogen) atoms. The predicted molar refractivity (Wildman–Crippen MR) is 242 cm³/mol. The molecule has 0 aromatic carbocycles. The lowest BCUT2D eigenvalue weighted by Gasteiger charge is -2.20. The van der Waals surface area contributed by atoms with Crippen LogP contribution in [0.5, 0.6) is 0 Å². The van der Waals surface area contributed by atoms with E-state index in [1.807, 2.05) is 0 Å². The first kappa shape index (κ1) is 57.7. The molecule has 10 nitrogen and oxygen atoms in total. The fourth-order valence-electron chi connectivity index (χ4n) is 7.11. The molecule has 0 heterocycles. The number of unbranched alkanes of at least 4 members (excludes halogenated alkanes) is 31. The van der Waals surface area contributed by atoms with E-state index in [0.29, 0.717) is 12.8 Å². The van der Waals surface area contributed by atoms with Gasteiger partial charge in [0.1, 0.15) is 12.7 Å². The zero-order valence-electron chi connectivity index (χ0n) is 38.2. The molecule has 0 aromatic heterocycles. The van der Waals surface area contributed by atoms with Crippen molar-refractivity contribution in [1.82, 2.24) is 0 Å². The van der Waals surface area contributed by atoms with E-state index in [9.17, 15) is 24.2 Å². The van der Waals surface area contributed by atoms with Crippen LogP contribution in [0.4, 0.5) is 0 Å². The van der Waals surface area contributed by atoms with E-state index in [-0.39, 0.29) is 19.4 Å². The molecule has 11 heteroatoms. The van der Waals surface area contributed by atoms with E-state index in [1.54, 1.807) is 0 Å². The van der Waals surface area contributed by atoms with Gasteiger partial charge in [0.2, 0.25) is 0 Å². The Morgan fingerprint density at radius 3 is 1.22 bits per heavy atom. The largest absolute Gasteiger partial charge is 0.472 e. The van der Waals surface area contributed by atoms with Gasteiger partial charge < -0.3 is 24.6 Å². The third-order valence-electron chi connectivity index (χ3n) is 10.9. The average molecular weight is 861 g/mol. The van der Waals surface area contributed by atoms with Crippen LogP contribution in [0.2, 0.25) is 0 Å². The number of aliphatic hydroxyl groups excluding tert-OH is 2. The molecule has 0 bridgehead atoms. The molecule has 350 valence electrons. The monoisotopic (exact) mass is 861 g/mol. The second-order valence-corrected chi connectivity index (χ2v) is 18.3. The van der Waals surface area contributed by atoms with Gasteiger partial charge in [-0.3, -0.25) is 18.6 Å². The van der Waals surface area contributed by atoms with Gasteiger partial charge in [0.05, 0.1) is 19.8 Å². The van der Waals surface area contributed by atoms with E-state index in [1.165, 1.54) is 161 Å². The van der Waals surface area contributed by atoms with E-state index in [0.717, 1.165) is 44.9 Å². The number of rotatable bonds is 47. The average Bonchev–Trinajstić information content (AvgIpc) is 3.22. The zero-order valence-corrected chi connectivity index (χ0v) is 39.1. The number of esters is 2. The molecule has 0 aromatic rings. The van der Waals surface area contributed by atoms with Gasteiger partial charge in [-0.1, -0.05) is 206 Å². The van der Waals surface area contributed by atoms with Gasteiger partial charge in [0, 0.05) is 12.8 Å². The van der Waals surface area contributed by atoms with Crippen LogP contribution in [-0.2, 0) is 32.7 Å². The van der Waals surface area contributed by atoms with E-state index < -0.39 is 51.8 Å². The predicted octanol–water partition coefficient (Wildman–Crippen LogP) is 13.6. The molecule has 3 N–H and O–H groups in total. The fourth-order valence-corrected chi connectivity index (χ4v) is 7.90. The van der Waals surface area contributed by atoms with Crippen molar-refractivity contribution >= 4 is 19.8 Å². The Hall–Kier alpha value is -1.29. The molecular formula is C48H93O10P. The number of phosphoric ester groups is 1. The van der Waals surface area contributed by atoms with Crippen molar-refractivity contribution in [3.63, 3.8) is 0 Å². The highest BCUT2D eigenvalue weighted by atomic mass is 31.2. The van der Waals surface area contributed by atoms with Gasteiger partial charge in [-0.25, -0.2) is 4.57 Å². The Labute approximate surface area is 362 Å². The second-order valence-electron chi connectivity index (χ2n) is 16.8. The third kappa shape index (κ3) is 44.6. The first-order chi connectivity index (χ1) is 28.7. The zero-order chi connectivity index (χ0) is 43.3.